The Bertz CT molecular complexity index is 962. The van der Waals surface area contributed by atoms with Gasteiger partial charge in [-0.05, 0) is 69.3 Å². The van der Waals surface area contributed by atoms with Gasteiger partial charge >= 0.3 is 0 Å². The van der Waals surface area contributed by atoms with Crippen molar-refractivity contribution in [2.45, 2.75) is 90.4 Å². The Labute approximate surface area is 236 Å². The molecule has 1 aromatic carbocycles. The number of benzene rings is 1. The molecule has 0 saturated carbocycles. The van der Waals surface area contributed by atoms with Gasteiger partial charge in [-0.15, -0.1) is 0 Å². The predicted molar refractivity (Wildman–Crippen MR) is 148 cm³/mol. The van der Waals surface area contributed by atoms with Crippen LogP contribution in [0.3, 0.4) is 0 Å². The quantitative estimate of drug-likeness (QED) is 0.133. The summed E-state index contributed by atoms with van der Waals surface area (Å²) in [7, 11) is 0. The second-order valence-corrected chi connectivity index (χ2v) is 11.9. The molecule has 1 aromatic rings. The van der Waals surface area contributed by atoms with E-state index in [0.717, 1.165) is 23.3 Å². The van der Waals surface area contributed by atoms with Crippen LogP contribution in [-0.2, 0) is 20.7 Å². The summed E-state index contributed by atoms with van der Waals surface area (Å²) >= 11 is 0. The molecule has 9 N–H and O–H groups in total. The summed E-state index contributed by atoms with van der Waals surface area (Å²) < 4.78 is 17.6. The number of nitrogens with one attached hydrogen (secondary N) is 3. The average molecular weight is 569 g/mol. The molecule has 8 atom stereocenters. The number of rotatable bonds is 14. The lowest BCUT2D eigenvalue weighted by Crippen LogP contribution is -2.60. The lowest BCUT2D eigenvalue weighted by Gasteiger charge is -2.41. The van der Waals surface area contributed by atoms with Crippen molar-refractivity contribution in [3.8, 4) is 5.75 Å². The van der Waals surface area contributed by atoms with Gasteiger partial charge in [-0.2, -0.15) is 0 Å². The fourth-order valence-electron chi connectivity index (χ4n) is 5.05. The van der Waals surface area contributed by atoms with Gasteiger partial charge in [0.25, 0.3) is 0 Å². The van der Waals surface area contributed by atoms with E-state index >= 15 is 0 Å². The number of aliphatic hydroxyl groups excluding tert-OH is 4. The molecule has 3 unspecified atom stereocenters. The Morgan fingerprint density at radius 1 is 1.18 bits per heavy atom. The second kappa shape index (κ2) is 14.3. The Kier molecular flexibility index (Phi) is 11.7. The summed E-state index contributed by atoms with van der Waals surface area (Å²) in [5, 5.41) is 43.5. The van der Waals surface area contributed by atoms with Crippen LogP contribution in [-0.4, -0.2) is 95.6 Å². The molecule has 1 amide bonds. The zero-order valence-electron chi connectivity index (χ0n) is 24.2. The van der Waals surface area contributed by atoms with E-state index in [1.165, 1.54) is 0 Å². The van der Waals surface area contributed by atoms with Crippen molar-refractivity contribution in [3.63, 3.8) is 0 Å². The summed E-state index contributed by atoms with van der Waals surface area (Å²) in [5.41, 5.74) is 13.4. The maximum absolute atomic E-state index is 11.4. The van der Waals surface area contributed by atoms with Gasteiger partial charge in [0.05, 0.1) is 18.6 Å². The van der Waals surface area contributed by atoms with Gasteiger partial charge in [0.15, 0.2) is 6.29 Å². The molecule has 3 rings (SSSR count). The van der Waals surface area contributed by atoms with Crippen molar-refractivity contribution < 1.29 is 39.4 Å². The molecule has 0 aliphatic carbocycles. The Balaban J connectivity index is 1.58. The zero-order valence-corrected chi connectivity index (χ0v) is 24.2. The third-order valence-electron chi connectivity index (χ3n) is 7.86. The SMILES string of the molecule is Cc1cc(OCCCNCC(C)(C)C(N)=O)ccc1CC1C(O[C@@H]2O[C@H](CO)[C@@H](O)[C@H](O)[C@H]2O)NNC1C(C)C. The van der Waals surface area contributed by atoms with Crippen LogP contribution in [0.4, 0.5) is 0 Å². The van der Waals surface area contributed by atoms with Crippen LogP contribution >= 0.6 is 0 Å². The first-order valence-electron chi connectivity index (χ1n) is 14.1. The number of amides is 1. The summed E-state index contributed by atoms with van der Waals surface area (Å²) in [6, 6.07) is 6.04. The number of hydrazine groups is 1. The minimum absolute atomic E-state index is 0.0476. The van der Waals surface area contributed by atoms with Crippen molar-refractivity contribution >= 4 is 5.91 Å². The van der Waals surface area contributed by atoms with Crippen molar-refractivity contribution in [3.05, 3.63) is 29.3 Å². The molecule has 2 fully saturated rings. The summed E-state index contributed by atoms with van der Waals surface area (Å²) in [5.74, 6) is 0.665. The highest BCUT2D eigenvalue weighted by Gasteiger charge is 2.47. The molecule has 2 heterocycles. The van der Waals surface area contributed by atoms with Gasteiger partial charge in [0, 0.05) is 18.5 Å². The first-order valence-corrected chi connectivity index (χ1v) is 14.1. The number of aryl methyl sites for hydroxylation is 1. The van der Waals surface area contributed by atoms with E-state index in [1.54, 1.807) is 0 Å². The maximum Gasteiger partial charge on any atom is 0.224 e. The largest absolute Gasteiger partial charge is 0.494 e. The highest BCUT2D eigenvalue weighted by Crippen LogP contribution is 2.31. The van der Waals surface area contributed by atoms with Crippen LogP contribution < -0.4 is 26.6 Å². The molecule has 12 heteroatoms. The number of carbonyl (C=O) groups excluding carboxylic acids is 1. The number of primary amides is 1. The summed E-state index contributed by atoms with van der Waals surface area (Å²) in [4.78, 5) is 11.4. The smallest absolute Gasteiger partial charge is 0.224 e. The van der Waals surface area contributed by atoms with Crippen LogP contribution in [0.1, 0.15) is 45.2 Å². The fourth-order valence-corrected chi connectivity index (χ4v) is 5.05. The van der Waals surface area contributed by atoms with Crippen LogP contribution in [0.5, 0.6) is 5.75 Å². The predicted octanol–water partition coefficient (Wildman–Crippen LogP) is -0.701. The van der Waals surface area contributed by atoms with Gasteiger partial charge in [0.2, 0.25) is 5.91 Å². The molecule has 40 heavy (non-hydrogen) atoms. The molecular formula is C28H48N4O8. The molecular weight excluding hydrogens is 520 g/mol. The van der Waals surface area contributed by atoms with E-state index in [-0.39, 0.29) is 23.8 Å². The van der Waals surface area contributed by atoms with Gasteiger partial charge in [0.1, 0.15) is 36.4 Å². The number of carbonyl (C=O) groups is 1. The van der Waals surface area contributed by atoms with E-state index in [0.29, 0.717) is 26.1 Å². The second-order valence-electron chi connectivity index (χ2n) is 11.9. The molecule has 2 aliphatic rings. The maximum atomic E-state index is 11.4. The summed E-state index contributed by atoms with van der Waals surface area (Å²) in [6.07, 6.45) is -5.79. The number of nitrogens with two attached hydrogens (primary N) is 1. The minimum atomic E-state index is -1.50. The first-order chi connectivity index (χ1) is 18.9. The van der Waals surface area contributed by atoms with Gasteiger partial charge in [-0.25, -0.2) is 5.43 Å². The number of aliphatic hydroxyl groups is 4. The molecule has 12 nitrogen and oxygen atoms in total. The van der Waals surface area contributed by atoms with Crippen molar-refractivity contribution in [1.29, 1.82) is 0 Å². The van der Waals surface area contributed by atoms with Crippen molar-refractivity contribution in [2.24, 2.45) is 23.0 Å². The summed E-state index contributed by atoms with van der Waals surface area (Å²) in [6.45, 7) is 11.1. The van der Waals surface area contributed by atoms with Crippen LogP contribution in [0.2, 0.25) is 0 Å². The van der Waals surface area contributed by atoms with Crippen molar-refractivity contribution in [1.82, 2.24) is 16.2 Å². The molecule has 2 aliphatic heterocycles. The highest BCUT2D eigenvalue weighted by atomic mass is 16.7. The molecule has 0 spiro atoms. The lowest BCUT2D eigenvalue weighted by atomic mass is 9.85. The van der Waals surface area contributed by atoms with Crippen LogP contribution in [0.15, 0.2) is 18.2 Å². The van der Waals surface area contributed by atoms with E-state index in [4.69, 9.17) is 19.9 Å². The third-order valence-corrected chi connectivity index (χ3v) is 7.86. The Hall–Kier alpha value is -1.87. The average Bonchev–Trinajstić information content (AvgIpc) is 3.30. The number of ether oxygens (including phenoxy) is 3. The first kappa shape index (κ1) is 32.6. The van der Waals surface area contributed by atoms with Crippen LogP contribution in [0, 0.1) is 24.2 Å². The third kappa shape index (κ3) is 8.11. The van der Waals surface area contributed by atoms with Gasteiger partial charge in [-0.1, -0.05) is 19.9 Å². The lowest BCUT2D eigenvalue weighted by molar-refractivity contribution is -0.315. The monoisotopic (exact) mass is 568 g/mol. The zero-order chi connectivity index (χ0) is 29.6. The minimum Gasteiger partial charge on any atom is -0.494 e. The standard InChI is InChI=1S/C28H48N4O8/c1-15(2)21-19(25(32-31-21)40-26-24(36)23(35)22(34)20(13-33)39-26)12-17-7-8-18(11-16(17)3)38-10-6-9-30-14-28(4,5)27(29)37/h7-8,11,15,19-26,30-36H,6,9-10,12-14H2,1-5H3,(H2,29,37)/t19?,20-,21?,22-,23+,24-,25?,26+/m1/s1. The topological polar surface area (TPSA) is 188 Å². The number of hydrogen-bond donors (Lipinski definition) is 8. The van der Waals surface area contributed by atoms with E-state index < -0.39 is 49.0 Å². The van der Waals surface area contributed by atoms with E-state index in [1.807, 2.05) is 39.0 Å². The molecule has 2 saturated heterocycles. The molecule has 0 bridgehead atoms. The van der Waals surface area contributed by atoms with Gasteiger partial charge in [-0.3, -0.25) is 10.2 Å². The van der Waals surface area contributed by atoms with E-state index in [9.17, 15) is 25.2 Å². The van der Waals surface area contributed by atoms with Gasteiger partial charge < -0.3 is 45.7 Å². The van der Waals surface area contributed by atoms with Crippen LogP contribution in [0.25, 0.3) is 0 Å². The molecule has 0 radical (unpaired) electrons. The fraction of sp³-hybridized carbons (Fsp3) is 0.750. The number of hydrogen-bond acceptors (Lipinski definition) is 11. The molecule has 0 aromatic heterocycles. The normalized spacial score (nSPS) is 31.1. The Morgan fingerprint density at radius 2 is 1.90 bits per heavy atom. The highest BCUT2D eigenvalue weighted by molar-refractivity contribution is 5.80. The molecule has 228 valence electrons. The Morgan fingerprint density at radius 3 is 2.52 bits per heavy atom. The van der Waals surface area contributed by atoms with Crippen molar-refractivity contribution in [2.75, 3.05) is 26.3 Å². The van der Waals surface area contributed by atoms with E-state index in [2.05, 4.69) is 30.0 Å².